The maximum absolute atomic E-state index is 4.42. The Kier molecular flexibility index (Phi) is 3.64. The zero-order chi connectivity index (χ0) is 10.5. The van der Waals surface area contributed by atoms with Gasteiger partial charge in [-0.25, -0.2) is 4.99 Å². The molecule has 0 amide bonds. The molecule has 2 rings (SSSR count). The van der Waals surface area contributed by atoms with Crippen LogP contribution in [0, 0.1) is 0 Å². The molecule has 0 bridgehead atoms. The summed E-state index contributed by atoms with van der Waals surface area (Å²) in [5.74, 6) is 0. The van der Waals surface area contributed by atoms with E-state index < -0.39 is 0 Å². The number of amidine groups is 1. The van der Waals surface area contributed by atoms with Gasteiger partial charge in [0, 0.05) is 6.54 Å². The van der Waals surface area contributed by atoms with E-state index in [-0.39, 0.29) is 0 Å². The largest absolute Gasteiger partial charge is 0.352 e. The van der Waals surface area contributed by atoms with Gasteiger partial charge < -0.3 is 5.32 Å². The molecule has 0 atom stereocenters. The molecule has 1 heterocycles. The molecule has 3 nitrogen and oxygen atoms in total. The Balaban J connectivity index is 1.90. The summed E-state index contributed by atoms with van der Waals surface area (Å²) in [5, 5.41) is 4.32. The van der Waals surface area contributed by atoms with E-state index in [9.17, 15) is 0 Å². The summed E-state index contributed by atoms with van der Waals surface area (Å²) >= 11 is 1.67. The van der Waals surface area contributed by atoms with Gasteiger partial charge in [0.05, 0.1) is 13.3 Å². The first-order chi connectivity index (χ1) is 7.38. The van der Waals surface area contributed by atoms with Gasteiger partial charge in [-0.3, -0.25) is 4.90 Å². The molecule has 0 aliphatic carbocycles. The second kappa shape index (κ2) is 5.19. The van der Waals surface area contributed by atoms with Gasteiger partial charge in [0.2, 0.25) is 0 Å². The molecule has 0 aromatic heterocycles. The Labute approximate surface area is 94.6 Å². The monoisotopic (exact) mass is 221 g/mol. The third-order valence-electron chi connectivity index (χ3n) is 2.31. The quantitative estimate of drug-likeness (QED) is 0.824. The highest BCUT2D eigenvalue weighted by atomic mass is 32.2. The number of rotatable bonds is 2. The highest BCUT2D eigenvalue weighted by molar-refractivity contribution is 8.13. The van der Waals surface area contributed by atoms with Crippen LogP contribution in [0.25, 0.3) is 0 Å². The number of thioether (sulfide) groups is 1. The molecule has 0 saturated heterocycles. The Bertz CT molecular complexity index is 337. The summed E-state index contributed by atoms with van der Waals surface area (Å²) in [5.41, 5.74) is 1.34. The first kappa shape index (κ1) is 10.5. The summed E-state index contributed by atoms with van der Waals surface area (Å²) in [7, 11) is 0. The van der Waals surface area contributed by atoms with E-state index >= 15 is 0 Å². The Morgan fingerprint density at radius 1 is 1.40 bits per heavy atom. The zero-order valence-corrected chi connectivity index (χ0v) is 9.63. The maximum Gasteiger partial charge on any atom is 0.158 e. The fraction of sp³-hybridized carbons (Fsp3) is 0.364. The topological polar surface area (TPSA) is 27.6 Å². The Morgan fingerprint density at radius 2 is 2.20 bits per heavy atom. The zero-order valence-electron chi connectivity index (χ0n) is 8.81. The minimum absolute atomic E-state index is 0.790. The van der Waals surface area contributed by atoms with Gasteiger partial charge in [-0.1, -0.05) is 42.1 Å². The van der Waals surface area contributed by atoms with Crippen molar-refractivity contribution in [3.05, 3.63) is 35.9 Å². The summed E-state index contributed by atoms with van der Waals surface area (Å²) < 4.78 is 0. The van der Waals surface area contributed by atoms with Gasteiger partial charge >= 0.3 is 0 Å². The Morgan fingerprint density at radius 3 is 2.80 bits per heavy atom. The van der Waals surface area contributed by atoms with E-state index in [1.165, 1.54) is 5.56 Å². The molecule has 15 heavy (non-hydrogen) atoms. The summed E-state index contributed by atoms with van der Waals surface area (Å²) in [4.78, 5) is 6.69. The van der Waals surface area contributed by atoms with Crippen LogP contribution < -0.4 is 5.32 Å². The molecule has 1 aromatic rings. The van der Waals surface area contributed by atoms with Crippen molar-refractivity contribution >= 4 is 16.9 Å². The van der Waals surface area contributed by atoms with Gasteiger partial charge in [0.15, 0.2) is 5.17 Å². The van der Waals surface area contributed by atoms with E-state index in [1.54, 1.807) is 11.8 Å². The average molecular weight is 221 g/mol. The van der Waals surface area contributed by atoms with Crippen molar-refractivity contribution in [3.63, 3.8) is 0 Å². The molecular formula is C11H15N3S. The second-order valence-electron chi connectivity index (χ2n) is 3.46. The van der Waals surface area contributed by atoms with Gasteiger partial charge in [0.25, 0.3) is 0 Å². The molecule has 0 unspecified atom stereocenters. The lowest BCUT2D eigenvalue weighted by Gasteiger charge is -2.25. The van der Waals surface area contributed by atoms with E-state index in [4.69, 9.17) is 0 Å². The summed E-state index contributed by atoms with van der Waals surface area (Å²) in [6, 6.07) is 10.5. The predicted octanol–water partition coefficient (Wildman–Crippen LogP) is 1.73. The van der Waals surface area contributed by atoms with Crippen LogP contribution in [-0.2, 0) is 6.54 Å². The highest BCUT2D eigenvalue weighted by Crippen LogP contribution is 2.07. The minimum Gasteiger partial charge on any atom is -0.352 e. The van der Waals surface area contributed by atoms with Crippen molar-refractivity contribution in [1.29, 1.82) is 0 Å². The number of nitrogens with one attached hydrogen (secondary N) is 1. The molecule has 80 valence electrons. The van der Waals surface area contributed by atoms with Crippen LogP contribution in [0.3, 0.4) is 0 Å². The lowest BCUT2D eigenvalue weighted by atomic mass is 10.2. The lowest BCUT2D eigenvalue weighted by molar-refractivity contribution is 0.258. The fourth-order valence-corrected chi connectivity index (χ4v) is 1.93. The molecule has 1 N–H and O–H groups in total. The molecule has 0 radical (unpaired) electrons. The van der Waals surface area contributed by atoms with Gasteiger partial charge in [-0.2, -0.15) is 0 Å². The number of benzene rings is 1. The molecule has 1 aromatic carbocycles. The second-order valence-corrected chi connectivity index (χ2v) is 4.25. The van der Waals surface area contributed by atoms with Crippen molar-refractivity contribution in [2.24, 2.45) is 4.99 Å². The first-order valence-corrected chi connectivity index (χ1v) is 6.19. The van der Waals surface area contributed by atoms with Crippen LogP contribution in [0.2, 0.25) is 0 Å². The molecule has 1 aliphatic heterocycles. The van der Waals surface area contributed by atoms with Gasteiger partial charge in [0.1, 0.15) is 0 Å². The van der Waals surface area contributed by atoms with E-state index in [0.717, 1.165) is 25.0 Å². The van der Waals surface area contributed by atoms with Crippen LogP contribution in [0.5, 0.6) is 0 Å². The van der Waals surface area contributed by atoms with E-state index in [2.05, 4.69) is 39.5 Å². The number of nitrogens with zero attached hydrogens (tertiary/aromatic N) is 2. The SMILES string of the molecule is CSC1=NCN(Cc2ccccc2)CN1. The molecule has 4 heteroatoms. The lowest BCUT2D eigenvalue weighted by Crippen LogP contribution is -2.41. The third kappa shape index (κ3) is 2.97. The maximum atomic E-state index is 4.42. The van der Waals surface area contributed by atoms with Crippen molar-refractivity contribution in [2.45, 2.75) is 6.54 Å². The minimum atomic E-state index is 0.790. The van der Waals surface area contributed by atoms with Gasteiger partial charge in [-0.15, -0.1) is 0 Å². The molecule has 1 aliphatic rings. The molecule has 0 spiro atoms. The van der Waals surface area contributed by atoms with Crippen LogP contribution in [0.4, 0.5) is 0 Å². The van der Waals surface area contributed by atoms with Crippen LogP contribution in [0.1, 0.15) is 5.56 Å². The van der Waals surface area contributed by atoms with E-state index in [0.29, 0.717) is 0 Å². The van der Waals surface area contributed by atoms with Crippen molar-refractivity contribution in [1.82, 2.24) is 10.2 Å². The fourth-order valence-electron chi connectivity index (χ4n) is 1.53. The summed E-state index contributed by atoms with van der Waals surface area (Å²) in [6.45, 7) is 2.63. The summed E-state index contributed by atoms with van der Waals surface area (Å²) in [6.07, 6.45) is 2.04. The van der Waals surface area contributed by atoms with Crippen molar-refractivity contribution in [3.8, 4) is 0 Å². The third-order valence-corrected chi connectivity index (χ3v) is 2.97. The normalized spacial score (nSPS) is 17.0. The molecular weight excluding hydrogens is 206 g/mol. The van der Waals surface area contributed by atoms with Gasteiger partial charge in [-0.05, 0) is 11.8 Å². The molecule has 0 fully saturated rings. The molecule has 0 saturated carbocycles. The van der Waals surface area contributed by atoms with Crippen LogP contribution in [-0.4, -0.2) is 29.7 Å². The first-order valence-electron chi connectivity index (χ1n) is 4.97. The van der Waals surface area contributed by atoms with E-state index in [1.807, 2.05) is 12.3 Å². The number of aliphatic imine (C=N–C) groups is 1. The predicted molar refractivity (Wildman–Crippen MR) is 65.8 cm³/mol. The highest BCUT2D eigenvalue weighted by Gasteiger charge is 2.10. The van der Waals surface area contributed by atoms with Crippen molar-refractivity contribution in [2.75, 3.05) is 19.6 Å². The number of hydrogen-bond donors (Lipinski definition) is 1. The van der Waals surface area contributed by atoms with Crippen LogP contribution in [0.15, 0.2) is 35.3 Å². The van der Waals surface area contributed by atoms with Crippen LogP contribution >= 0.6 is 11.8 Å². The smallest absolute Gasteiger partial charge is 0.158 e. The number of hydrogen-bond acceptors (Lipinski definition) is 4. The standard InChI is InChI=1S/C11H15N3S/c1-15-11-12-8-14(9-13-11)7-10-5-3-2-4-6-10/h2-6H,7-9H2,1H3,(H,12,13). The van der Waals surface area contributed by atoms with Crippen molar-refractivity contribution < 1.29 is 0 Å². The average Bonchev–Trinajstić information content (AvgIpc) is 2.31. The Hall–Kier alpha value is -1.00.